The van der Waals surface area contributed by atoms with Gasteiger partial charge in [0.05, 0.1) is 6.16 Å². The Labute approximate surface area is 112 Å². The van der Waals surface area contributed by atoms with Crippen molar-refractivity contribution in [3.8, 4) is 0 Å². The Bertz CT molecular complexity index is 393. The van der Waals surface area contributed by atoms with Gasteiger partial charge >= 0.3 is 7.60 Å². The third kappa shape index (κ3) is 3.78. The molecule has 0 aromatic rings. The zero-order valence-electron chi connectivity index (χ0n) is 11.5. The Morgan fingerprint density at radius 2 is 2.00 bits per heavy atom. The number of likely N-dealkylation sites (tertiary alicyclic amines) is 1. The summed E-state index contributed by atoms with van der Waals surface area (Å²) < 4.78 is 21.6. The van der Waals surface area contributed by atoms with E-state index in [9.17, 15) is 14.2 Å². The van der Waals surface area contributed by atoms with E-state index in [1.54, 1.807) is 6.92 Å². The number of nitrogens with zero attached hydrogens (tertiary/aromatic N) is 1. The summed E-state index contributed by atoms with van der Waals surface area (Å²) in [7, 11) is -0.676. The molecule has 0 bridgehead atoms. The van der Waals surface area contributed by atoms with Crippen molar-refractivity contribution in [2.75, 3.05) is 26.9 Å². The van der Waals surface area contributed by atoms with Crippen molar-refractivity contribution in [1.82, 2.24) is 4.90 Å². The third-order valence-corrected chi connectivity index (χ3v) is 5.45. The SMILES string of the molecule is COP(=O)(CC(C)C(=O)N1CCC[C@H]1C(N)=O)OC. The molecule has 2 atom stereocenters. The van der Waals surface area contributed by atoms with E-state index in [0.717, 1.165) is 6.42 Å². The fourth-order valence-corrected chi connectivity index (χ4v) is 3.52. The van der Waals surface area contributed by atoms with Crippen LogP contribution in [0.15, 0.2) is 0 Å². The maximum atomic E-state index is 12.3. The largest absolute Gasteiger partial charge is 0.368 e. The second-order valence-corrected chi connectivity index (χ2v) is 6.97. The highest BCUT2D eigenvalue weighted by molar-refractivity contribution is 7.53. The van der Waals surface area contributed by atoms with Gasteiger partial charge in [-0.05, 0) is 12.8 Å². The molecular weight excluding hydrogens is 271 g/mol. The first-order valence-corrected chi connectivity index (χ1v) is 7.87. The van der Waals surface area contributed by atoms with E-state index >= 15 is 0 Å². The molecule has 1 rings (SSSR count). The maximum absolute atomic E-state index is 12.3. The summed E-state index contributed by atoms with van der Waals surface area (Å²) in [5.41, 5.74) is 5.27. The minimum Gasteiger partial charge on any atom is -0.368 e. The van der Waals surface area contributed by atoms with Crippen LogP contribution in [0.2, 0.25) is 0 Å². The highest BCUT2D eigenvalue weighted by atomic mass is 31.2. The Morgan fingerprint density at radius 1 is 1.42 bits per heavy atom. The lowest BCUT2D eigenvalue weighted by Gasteiger charge is -2.26. The van der Waals surface area contributed by atoms with Gasteiger partial charge in [-0.3, -0.25) is 14.2 Å². The molecule has 19 heavy (non-hydrogen) atoms. The van der Waals surface area contributed by atoms with Gasteiger partial charge in [0.15, 0.2) is 0 Å². The molecule has 0 spiro atoms. The van der Waals surface area contributed by atoms with Crippen LogP contribution in [0.5, 0.6) is 0 Å². The summed E-state index contributed by atoms with van der Waals surface area (Å²) in [6, 6.07) is -0.556. The molecule has 2 amide bonds. The summed E-state index contributed by atoms with van der Waals surface area (Å²) in [6.45, 7) is 2.14. The van der Waals surface area contributed by atoms with E-state index in [1.165, 1.54) is 19.1 Å². The van der Waals surface area contributed by atoms with Crippen LogP contribution in [0.3, 0.4) is 0 Å². The molecule has 1 aliphatic heterocycles. The number of amides is 2. The minimum atomic E-state index is -3.24. The molecule has 1 fully saturated rings. The van der Waals surface area contributed by atoms with Crippen LogP contribution in [-0.4, -0.2) is 49.7 Å². The first-order valence-electron chi connectivity index (χ1n) is 6.15. The smallest absolute Gasteiger partial charge is 0.330 e. The van der Waals surface area contributed by atoms with Gasteiger partial charge in [-0.2, -0.15) is 0 Å². The highest BCUT2D eigenvalue weighted by Crippen LogP contribution is 2.48. The average molecular weight is 292 g/mol. The second kappa shape index (κ2) is 6.50. The molecule has 2 N–H and O–H groups in total. The molecule has 0 radical (unpaired) electrons. The van der Waals surface area contributed by atoms with Crippen molar-refractivity contribution in [3.63, 3.8) is 0 Å². The van der Waals surface area contributed by atoms with Crippen LogP contribution >= 0.6 is 7.60 Å². The minimum absolute atomic E-state index is 0.0131. The molecule has 0 aromatic carbocycles. The van der Waals surface area contributed by atoms with Crippen LogP contribution in [0.4, 0.5) is 0 Å². The van der Waals surface area contributed by atoms with E-state index in [2.05, 4.69) is 0 Å². The predicted molar refractivity (Wildman–Crippen MR) is 69.6 cm³/mol. The normalized spacial score (nSPS) is 21.4. The molecule has 1 aliphatic rings. The molecule has 110 valence electrons. The average Bonchev–Trinajstić information content (AvgIpc) is 2.86. The number of carbonyl (C=O) groups is 2. The number of hydrogen-bond acceptors (Lipinski definition) is 5. The van der Waals surface area contributed by atoms with Crippen molar-refractivity contribution in [2.24, 2.45) is 11.7 Å². The van der Waals surface area contributed by atoms with Crippen LogP contribution in [0.25, 0.3) is 0 Å². The van der Waals surface area contributed by atoms with E-state index in [-0.39, 0.29) is 12.1 Å². The van der Waals surface area contributed by atoms with Gasteiger partial charge in [0.25, 0.3) is 0 Å². The number of rotatable bonds is 6. The Balaban J connectivity index is 2.72. The van der Waals surface area contributed by atoms with Crippen molar-refractivity contribution < 1.29 is 23.2 Å². The number of carbonyl (C=O) groups excluding carboxylic acids is 2. The molecule has 0 saturated carbocycles. The standard InChI is InChI=1S/C11H21N2O5P/c1-8(7-19(16,17-2)18-3)11(15)13-6-4-5-9(13)10(12)14/h8-9H,4-7H2,1-3H3,(H2,12,14)/t8?,9-/m0/s1. The van der Waals surface area contributed by atoms with Crippen molar-refractivity contribution in [1.29, 1.82) is 0 Å². The molecule has 7 nitrogen and oxygen atoms in total. The second-order valence-electron chi connectivity index (χ2n) is 4.65. The van der Waals surface area contributed by atoms with Crippen molar-refractivity contribution >= 4 is 19.4 Å². The molecule has 1 saturated heterocycles. The maximum Gasteiger partial charge on any atom is 0.330 e. The van der Waals surface area contributed by atoms with Gasteiger partial charge in [0, 0.05) is 26.7 Å². The quantitative estimate of drug-likeness (QED) is 0.722. The topological polar surface area (TPSA) is 98.9 Å². The molecule has 0 aromatic heterocycles. The molecule has 0 aliphatic carbocycles. The lowest BCUT2D eigenvalue weighted by atomic mass is 10.1. The molecular formula is C11H21N2O5P. The van der Waals surface area contributed by atoms with Crippen molar-refractivity contribution in [3.05, 3.63) is 0 Å². The lowest BCUT2D eigenvalue weighted by Crippen LogP contribution is -2.46. The van der Waals surface area contributed by atoms with Crippen LogP contribution in [0.1, 0.15) is 19.8 Å². The van der Waals surface area contributed by atoms with E-state index in [1.807, 2.05) is 0 Å². The van der Waals surface area contributed by atoms with Crippen molar-refractivity contribution in [2.45, 2.75) is 25.8 Å². The van der Waals surface area contributed by atoms with Crippen LogP contribution in [-0.2, 0) is 23.2 Å². The molecule has 1 heterocycles. The van der Waals surface area contributed by atoms with Gasteiger partial charge < -0.3 is 19.7 Å². The predicted octanol–water partition coefficient (Wildman–Crippen LogP) is 0.585. The zero-order chi connectivity index (χ0) is 14.6. The van der Waals surface area contributed by atoms with E-state index in [4.69, 9.17) is 14.8 Å². The molecule has 1 unspecified atom stereocenters. The number of hydrogen-bond donors (Lipinski definition) is 1. The summed E-state index contributed by atoms with van der Waals surface area (Å²) in [5.74, 6) is -1.29. The van der Waals surface area contributed by atoms with Gasteiger partial charge in [-0.25, -0.2) is 0 Å². The fourth-order valence-electron chi connectivity index (χ4n) is 2.25. The highest BCUT2D eigenvalue weighted by Gasteiger charge is 2.37. The fraction of sp³-hybridized carbons (Fsp3) is 0.818. The first-order chi connectivity index (χ1) is 8.84. The summed E-state index contributed by atoms with van der Waals surface area (Å²) in [6.07, 6.45) is 1.32. The third-order valence-electron chi connectivity index (χ3n) is 3.34. The summed E-state index contributed by atoms with van der Waals surface area (Å²) in [4.78, 5) is 25.0. The number of primary amides is 1. The Hall–Kier alpha value is -0.910. The van der Waals surface area contributed by atoms with E-state index in [0.29, 0.717) is 13.0 Å². The first kappa shape index (κ1) is 16.1. The van der Waals surface area contributed by atoms with Gasteiger partial charge in [0.2, 0.25) is 11.8 Å². The monoisotopic (exact) mass is 292 g/mol. The zero-order valence-corrected chi connectivity index (χ0v) is 12.4. The lowest BCUT2D eigenvalue weighted by molar-refractivity contribution is -0.139. The van der Waals surface area contributed by atoms with Gasteiger partial charge in [-0.15, -0.1) is 0 Å². The Kier molecular flexibility index (Phi) is 5.52. The Morgan fingerprint density at radius 3 is 2.47 bits per heavy atom. The van der Waals surface area contributed by atoms with E-state index < -0.39 is 25.5 Å². The number of nitrogens with two attached hydrogens (primary N) is 1. The van der Waals surface area contributed by atoms with Crippen LogP contribution in [0, 0.1) is 5.92 Å². The van der Waals surface area contributed by atoms with Gasteiger partial charge in [-0.1, -0.05) is 6.92 Å². The summed E-state index contributed by atoms with van der Waals surface area (Å²) in [5, 5.41) is 0. The van der Waals surface area contributed by atoms with Gasteiger partial charge in [0.1, 0.15) is 6.04 Å². The summed E-state index contributed by atoms with van der Waals surface area (Å²) >= 11 is 0. The molecule has 8 heteroatoms. The van der Waals surface area contributed by atoms with Crippen LogP contribution < -0.4 is 5.73 Å².